The summed E-state index contributed by atoms with van der Waals surface area (Å²) in [5, 5.41) is 9.95. The van der Waals surface area contributed by atoms with Gasteiger partial charge in [-0.15, -0.1) is 0 Å². The van der Waals surface area contributed by atoms with Gasteiger partial charge in [0.15, 0.2) is 9.84 Å². The van der Waals surface area contributed by atoms with Crippen molar-refractivity contribution in [2.45, 2.75) is 36.2 Å². The summed E-state index contributed by atoms with van der Waals surface area (Å²) in [7, 11) is -3.12. The molecule has 1 aromatic rings. The summed E-state index contributed by atoms with van der Waals surface area (Å²) in [5.74, 6) is 0.549. The Hall–Kier alpha value is -0.870. The molecule has 0 radical (unpaired) electrons. The van der Waals surface area contributed by atoms with Gasteiger partial charge in [-0.1, -0.05) is 18.2 Å². The third-order valence-electron chi connectivity index (χ3n) is 3.81. The summed E-state index contributed by atoms with van der Waals surface area (Å²) in [6.07, 6.45) is 2.42. The largest absolute Gasteiger partial charge is 0.393 e. The highest BCUT2D eigenvalue weighted by Gasteiger charge is 2.38. The molecule has 1 heterocycles. The summed E-state index contributed by atoms with van der Waals surface area (Å²) >= 11 is 0. The minimum Gasteiger partial charge on any atom is -0.393 e. The van der Waals surface area contributed by atoms with Crippen LogP contribution in [0.25, 0.3) is 0 Å². The van der Waals surface area contributed by atoms with Crippen molar-refractivity contribution < 1.29 is 13.5 Å². The summed E-state index contributed by atoms with van der Waals surface area (Å²) in [6, 6.07) is 7.19. The molecular formula is C13H16O3S. The lowest BCUT2D eigenvalue weighted by Crippen LogP contribution is -2.15. The van der Waals surface area contributed by atoms with Crippen LogP contribution in [0.15, 0.2) is 29.2 Å². The van der Waals surface area contributed by atoms with Gasteiger partial charge >= 0.3 is 0 Å². The van der Waals surface area contributed by atoms with Crippen molar-refractivity contribution >= 4 is 9.84 Å². The van der Waals surface area contributed by atoms with Crippen LogP contribution in [0.3, 0.4) is 0 Å². The molecule has 2 unspecified atom stereocenters. The zero-order valence-electron chi connectivity index (χ0n) is 9.54. The van der Waals surface area contributed by atoms with Crippen LogP contribution in [0.4, 0.5) is 0 Å². The molecule has 1 saturated carbocycles. The number of aliphatic hydroxyl groups is 1. The lowest BCUT2D eigenvalue weighted by Gasteiger charge is -2.14. The molecule has 1 aliphatic carbocycles. The van der Waals surface area contributed by atoms with Crippen LogP contribution in [0.1, 0.15) is 30.7 Å². The van der Waals surface area contributed by atoms with Crippen molar-refractivity contribution in [1.29, 1.82) is 0 Å². The highest BCUT2D eigenvalue weighted by molar-refractivity contribution is 7.91. The highest BCUT2D eigenvalue weighted by Crippen LogP contribution is 2.41. The van der Waals surface area contributed by atoms with Crippen LogP contribution >= 0.6 is 0 Å². The second-order valence-corrected chi connectivity index (χ2v) is 7.16. The number of rotatable bonds is 3. The van der Waals surface area contributed by atoms with Crippen LogP contribution in [-0.2, 0) is 9.84 Å². The number of hydrogen-bond acceptors (Lipinski definition) is 3. The minimum absolute atomic E-state index is 0.0215. The first kappa shape index (κ1) is 11.2. The Labute approximate surface area is 101 Å². The lowest BCUT2D eigenvalue weighted by atomic mass is 9.93. The normalized spacial score (nSPS) is 27.7. The topological polar surface area (TPSA) is 54.4 Å². The van der Waals surface area contributed by atoms with Crippen LogP contribution in [0, 0.1) is 5.92 Å². The Morgan fingerprint density at radius 1 is 1.29 bits per heavy atom. The highest BCUT2D eigenvalue weighted by atomic mass is 32.2. The molecule has 1 fully saturated rings. The molecule has 0 saturated heterocycles. The molecule has 0 spiro atoms. The molecule has 0 aromatic heterocycles. The van der Waals surface area contributed by atoms with Gasteiger partial charge in [-0.05, 0) is 36.8 Å². The molecule has 1 N–H and O–H groups in total. The third kappa shape index (κ3) is 2.00. The van der Waals surface area contributed by atoms with Crippen LogP contribution in [0.2, 0.25) is 0 Å². The fraction of sp³-hybridized carbons (Fsp3) is 0.538. The van der Waals surface area contributed by atoms with E-state index in [1.54, 1.807) is 12.1 Å². The van der Waals surface area contributed by atoms with Crippen LogP contribution in [0.5, 0.6) is 0 Å². The molecule has 0 amide bonds. The number of sulfone groups is 1. The monoisotopic (exact) mass is 252 g/mol. The Kier molecular flexibility index (Phi) is 2.52. The number of aliphatic hydroxyl groups excluding tert-OH is 1. The predicted octanol–water partition coefficient (Wildman–Crippen LogP) is 1.72. The van der Waals surface area contributed by atoms with Gasteiger partial charge in [0, 0.05) is 5.92 Å². The molecule has 4 heteroatoms. The van der Waals surface area contributed by atoms with Crippen LogP contribution < -0.4 is 0 Å². The van der Waals surface area contributed by atoms with Gasteiger partial charge in [-0.25, -0.2) is 8.42 Å². The molecule has 1 aromatic carbocycles. The first-order valence-corrected chi connectivity index (χ1v) is 7.73. The van der Waals surface area contributed by atoms with Gasteiger partial charge in [0.2, 0.25) is 0 Å². The molecule has 3 rings (SSSR count). The fourth-order valence-corrected chi connectivity index (χ4v) is 4.61. The van der Waals surface area contributed by atoms with Crippen LogP contribution in [-0.4, -0.2) is 25.4 Å². The van der Waals surface area contributed by atoms with Gasteiger partial charge in [0.05, 0.1) is 16.8 Å². The maximum absolute atomic E-state index is 11.9. The third-order valence-corrected chi connectivity index (χ3v) is 5.69. The molecule has 2 aliphatic rings. The average Bonchev–Trinajstić information content (AvgIpc) is 3.08. The Balaban J connectivity index is 1.88. The van der Waals surface area contributed by atoms with Gasteiger partial charge in [0.1, 0.15) is 0 Å². The second-order valence-electron chi connectivity index (χ2n) is 5.16. The molecule has 3 nitrogen and oxygen atoms in total. The summed E-state index contributed by atoms with van der Waals surface area (Å²) < 4.78 is 23.9. The lowest BCUT2D eigenvalue weighted by molar-refractivity contribution is 0.135. The molecular weight excluding hydrogens is 236 g/mol. The molecule has 17 heavy (non-hydrogen) atoms. The van der Waals surface area contributed by atoms with Gasteiger partial charge in [-0.3, -0.25) is 0 Å². The quantitative estimate of drug-likeness (QED) is 0.891. The van der Waals surface area contributed by atoms with Gasteiger partial charge < -0.3 is 5.11 Å². The first-order chi connectivity index (χ1) is 8.08. The van der Waals surface area contributed by atoms with Gasteiger partial charge in [-0.2, -0.15) is 0 Å². The zero-order chi connectivity index (χ0) is 12.0. The summed E-state index contributed by atoms with van der Waals surface area (Å²) in [4.78, 5) is 0.466. The molecule has 1 aliphatic heterocycles. The van der Waals surface area contributed by atoms with Crippen molar-refractivity contribution in [2.75, 3.05) is 5.75 Å². The maximum Gasteiger partial charge on any atom is 0.179 e. The van der Waals surface area contributed by atoms with Crippen molar-refractivity contribution in [2.24, 2.45) is 5.92 Å². The van der Waals surface area contributed by atoms with E-state index in [1.165, 1.54) is 0 Å². The van der Waals surface area contributed by atoms with E-state index in [0.29, 0.717) is 17.2 Å². The first-order valence-electron chi connectivity index (χ1n) is 6.07. The Bertz CT molecular complexity index is 531. The van der Waals surface area contributed by atoms with E-state index in [1.807, 2.05) is 12.1 Å². The second kappa shape index (κ2) is 3.82. The van der Waals surface area contributed by atoms with E-state index in [2.05, 4.69) is 0 Å². The maximum atomic E-state index is 11.9. The molecule has 2 atom stereocenters. The smallest absolute Gasteiger partial charge is 0.179 e. The van der Waals surface area contributed by atoms with E-state index in [4.69, 9.17) is 0 Å². The number of fused-ring (bicyclic) bond motifs is 1. The van der Waals surface area contributed by atoms with E-state index in [-0.39, 0.29) is 17.8 Å². The predicted molar refractivity (Wildman–Crippen MR) is 64.6 cm³/mol. The molecule has 92 valence electrons. The van der Waals surface area contributed by atoms with Crippen molar-refractivity contribution in [3.05, 3.63) is 29.8 Å². The van der Waals surface area contributed by atoms with E-state index >= 15 is 0 Å². The minimum atomic E-state index is -3.12. The van der Waals surface area contributed by atoms with E-state index in [0.717, 1.165) is 18.4 Å². The zero-order valence-corrected chi connectivity index (χ0v) is 10.4. The van der Waals surface area contributed by atoms with E-state index in [9.17, 15) is 13.5 Å². The Morgan fingerprint density at radius 3 is 2.71 bits per heavy atom. The Morgan fingerprint density at radius 2 is 2.00 bits per heavy atom. The SMILES string of the molecule is O=S1(=O)CC(CC(O)C2CC2)c2ccccc21. The number of benzene rings is 1. The van der Waals surface area contributed by atoms with Gasteiger partial charge in [0.25, 0.3) is 0 Å². The standard InChI is InChI=1S/C13H16O3S/c14-12(9-5-6-9)7-10-8-17(15,16)13-4-2-1-3-11(10)13/h1-4,9-10,12,14H,5-8H2. The van der Waals surface area contributed by atoms with E-state index < -0.39 is 9.84 Å². The van der Waals surface area contributed by atoms with Crippen molar-refractivity contribution in [1.82, 2.24) is 0 Å². The fourth-order valence-electron chi connectivity index (χ4n) is 2.71. The van der Waals surface area contributed by atoms with Crippen molar-refractivity contribution in [3.8, 4) is 0 Å². The molecule has 0 bridgehead atoms. The summed E-state index contributed by atoms with van der Waals surface area (Å²) in [5.41, 5.74) is 0.896. The van der Waals surface area contributed by atoms with Crippen molar-refractivity contribution in [3.63, 3.8) is 0 Å². The summed E-state index contributed by atoms with van der Waals surface area (Å²) in [6.45, 7) is 0. The number of hydrogen-bond donors (Lipinski definition) is 1. The average molecular weight is 252 g/mol.